The van der Waals surface area contributed by atoms with E-state index in [4.69, 9.17) is 14.4 Å². The average Bonchev–Trinajstić information content (AvgIpc) is 2.66. The van der Waals surface area contributed by atoms with Gasteiger partial charge in [-0.3, -0.25) is 0 Å². The molecule has 108 valence electrons. The van der Waals surface area contributed by atoms with E-state index in [1.807, 2.05) is 25.1 Å². The van der Waals surface area contributed by atoms with Crippen molar-refractivity contribution in [3.63, 3.8) is 0 Å². The van der Waals surface area contributed by atoms with Crippen molar-refractivity contribution in [2.75, 3.05) is 13.7 Å². The lowest BCUT2D eigenvalue weighted by Gasteiger charge is -2.14. The Bertz CT molecular complexity index is 559. The van der Waals surface area contributed by atoms with E-state index in [0.29, 0.717) is 11.5 Å². The van der Waals surface area contributed by atoms with E-state index < -0.39 is 5.60 Å². The number of aryl methyl sites for hydroxylation is 1. The molecule has 6 heteroatoms. The molecule has 0 unspecified atom stereocenters. The highest BCUT2D eigenvalue weighted by molar-refractivity contribution is 6.48. The minimum Gasteiger partial charge on any atom is -0.434 e. The molecule has 6 nitrogen and oxygen atoms in total. The summed E-state index contributed by atoms with van der Waals surface area (Å²) in [4.78, 5) is 9.92. The zero-order chi connectivity index (χ0) is 14.8. The van der Waals surface area contributed by atoms with Gasteiger partial charge in [0.15, 0.2) is 5.71 Å². The van der Waals surface area contributed by atoms with Gasteiger partial charge in [0.2, 0.25) is 0 Å². The van der Waals surface area contributed by atoms with Crippen LogP contribution in [0.1, 0.15) is 25.0 Å². The van der Waals surface area contributed by atoms with Gasteiger partial charge < -0.3 is 19.5 Å². The number of fused-ring (bicyclic) bond motifs is 1. The van der Waals surface area contributed by atoms with Gasteiger partial charge in [0.25, 0.3) is 5.90 Å². The van der Waals surface area contributed by atoms with Crippen LogP contribution in [0.4, 0.5) is 0 Å². The standard InChI is InChI=1S/C14H18N2O4/c1-9-5-6-11-10(7-9)12(15-18-4)13(20-11)16-19-8-14(2,3)17/h5-7,17H,8H2,1-4H3. The molecule has 0 radical (unpaired) electrons. The van der Waals surface area contributed by atoms with Crippen LogP contribution in [-0.2, 0) is 9.68 Å². The molecule has 0 fully saturated rings. The number of nitrogens with zero attached hydrogens (tertiary/aromatic N) is 2. The summed E-state index contributed by atoms with van der Waals surface area (Å²) in [6.07, 6.45) is 0. The van der Waals surface area contributed by atoms with Crippen molar-refractivity contribution in [2.45, 2.75) is 26.4 Å². The predicted octanol–water partition coefficient (Wildman–Crippen LogP) is 1.84. The molecule has 0 saturated carbocycles. The molecule has 2 rings (SSSR count). The Morgan fingerprint density at radius 2 is 2.05 bits per heavy atom. The molecule has 0 saturated heterocycles. The van der Waals surface area contributed by atoms with Crippen LogP contribution in [0.2, 0.25) is 0 Å². The molecule has 0 aliphatic carbocycles. The van der Waals surface area contributed by atoms with E-state index >= 15 is 0 Å². The van der Waals surface area contributed by atoms with E-state index in [1.54, 1.807) is 13.8 Å². The number of rotatable bonds is 4. The summed E-state index contributed by atoms with van der Waals surface area (Å²) >= 11 is 0. The smallest absolute Gasteiger partial charge is 0.286 e. The van der Waals surface area contributed by atoms with Crippen LogP contribution in [0.15, 0.2) is 28.5 Å². The summed E-state index contributed by atoms with van der Waals surface area (Å²) in [5.74, 6) is 0.869. The minimum absolute atomic E-state index is 0.0511. The number of benzene rings is 1. The molecule has 0 amide bonds. The summed E-state index contributed by atoms with van der Waals surface area (Å²) < 4.78 is 5.57. The molecule has 1 heterocycles. The highest BCUT2D eigenvalue weighted by atomic mass is 16.7. The Kier molecular flexibility index (Phi) is 3.94. The zero-order valence-corrected chi connectivity index (χ0v) is 12.0. The predicted molar refractivity (Wildman–Crippen MR) is 75.0 cm³/mol. The van der Waals surface area contributed by atoms with E-state index in [1.165, 1.54) is 7.11 Å². The normalized spacial score (nSPS) is 18.1. The second-order valence-electron chi connectivity index (χ2n) is 5.21. The Morgan fingerprint density at radius 1 is 1.30 bits per heavy atom. The first-order valence-electron chi connectivity index (χ1n) is 6.23. The molecule has 0 atom stereocenters. The Labute approximate surface area is 117 Å². The van der Waals surface area contributed by atoms with Crippen molar-refractivity contribution >= 4 is 11.6 Å². The van der Waals surface area contributed by atoms with Crippen LogP contribution in [0.25, 0.3) is 0 Å². The SMILES string of the molecule is CON=C1C(=NOCC(C)(C)O)Oc2ccc(C)cc21. The Morgan fingerprint density at radius 3 is 2.70 bits per heavy atom. The highest BCUT2D eigenvalue weighted by Gasteiger charge is 2.29. The van der Waals surface area contributed by atoms with Crippen LogP contribution in [0, 0.1) is 6.92 Å². The van der Waals surface area contributed by atoms with E-state index in [0.717, 1.165) is 11.1 Å². The van der Waals surface area contributed by atoms with Gasteiger partial charge in [-0.2, -0.15) is 0 Å². The summed E-state index contributed by atoms with van der Waals surface area (Å²) in [6, 6.07) is 5.71. The number of hydrogen-bond donors (Lipinski definition) is 1. The second-order valence-corrected chi connectivity index (χ2v) is 5.21. The third kappa shape index (κ3) is 3.27. The van der Waals surface area contributed by atoms with Gasteiger partial charge in [-0.1, -0.05) is 16.8 Å². The molecule has 1 aromatic rings. The van der Waals surface area contributed by atoms with Crippen molar-refractivity contribution in [2.24, 2.45) is 10.3 Å². The van der Waals surface area contributed by atoms with Crippen molar-refractivity contribution in [3.8, 4) is 5.75 Å². The van der Waals surface area contributed by atoms with E-state index in [9.17, 15) is 5.11 Å². The summed E-state index contributed by atoms with van der Waals surface area (Å²) in [6.45, 7) is 5.29. The maximum absolute atomic E-state index is 9.58. The number of aliphatic hydroxyl groups is 1. The lowest BCUT2D eigenvalue weighted by molar-refractivity contribution is -0.0198. The van der Waals surface area contributed by atoms with Gasteiger partial charge in [0, 0.05) is 0 Å². The zero-order valence-electron chi connectivity index (χ0n) is 12.0. The van der Waals surface area contributed by atoms with Gasteiger partial charge in [-0.25, -0.2) is 0 Å². The number of hydrogen-bond acceptors (Lipinski definition) is 6. The molecule has 1 aliphatic heterocycles. The van der Waals surface area contributed by atoms with Crippen LogP contribution in [-0.4, -0.2) is 36.0 Å². The molecule has 1 aliphatic rings. The first-order valence-corrected chi connectivity index (χ1v) is 6.23. The van der Waals surface area contributed by atoms with Gasteiger partial charge in [0.05, 0.1) is 11.2 Å². The van der Waals surface area contributed by atoms with Crippen molar-refractivity contribution < 1.29 is 19.5 Å². The highest BCUT2D eigenvalue weighted by Crippen LogP contribution is 2.28. The van der Waals surface area contributed by atoms with Crippen molar-refractivity contribution in [1.29, 1.82) is 0 Å². The Hall–Kier alpha value is -2.08. The third-order valence-corrected chi connectivity index (χ3v) is 2.55. The second kappa shape index (κ2) is 5.50. The lowest BCUT2D eigenvalue weighted by atomic mass is 10.1. The average molecular weight is 278 g/mol. The fourth-order valence-electron chi connectivity index (χ4n) is 1.68. The summed E-state index contributed by atoms with van der Waals surface area (Å²) in [5, 5.41) is 17.4. The monoisotopic (exact) mass is 278 g/mol. The molecule has 1 aromatic carbocycles. The first kappa shape index (κ1) is 14.3. The molecular weight excluding hydrogens is 260 g/mol. The van der Waals surface area contributed by atoms with Crippen molar-refractivity contribution in [1.82, 2.24) is 0 Å². The van der Waals surface area contributed by atoms with Crippen LogP contribution < -0.4 is 4.74 Å². The fourth-order valence-corrected chi connectivity index (χ4v) is 1.68. The van der Waals surface area contributed by atoms with E-state index in [2.05, 4.69) is 10.3 Å². The maximum Gasteiger partial charge on any atom is 0.286 e. The van der Waals surface area contributed by atoms with Crippen LogP contribution in [0.3, 0.4) is 0 Å². The molecule has 20 heavy (non-hydrogen) atoms. The molecular formula is C14H18N2O4. The minimum atomic E-state index is -0.968. The number of ether oxygens (including phenoxy) is 1. The van der Waals surface area contributed by atoms with Crippen molar-refractivity contribution in [3.05, 3.63) is 29.3 Å². The van der Waals surface area contributed by atoms with Gasteiger partial charge >= 0.3 is 0 Å². The third-order valence-electron chi connectivity index (χ3n) is 2.55. The summed E-state index contributed by atoms with van der Waals surface area (Å²) in [7, 11) is 1.45. The quantitative estimate of drug-likeness (QED) is 0.853. The molecule has 1 N–H and O–H groups in total. The van der Waals surface area contributed by atoms with Gasteiger partial charge in [-0.05, 0) is 38.1 Å². The molecule has 0 aromatic heterocycles. The van der Waals surface area contributed by atoms with Crippen LogP contribution in [0.5, 0.6) is 5.75 Å². The molecule has 0 bridgehead atoms. The Balaban J connectivity index is 2.24. The fraction of sp³-hybridized carbons (Fsp3) is 0.429. The maximum atomic E-state index is 9.58. The molecule has 0 spiro atoms. The van der Waals surface area contributed by atoms with Crippen LogP contribution >= 0.6 is 0 Å². The topological polar surface area (TPSA) is 72.6 Å². The summed E-state index contributed by atoms with van der Waals surface area (Å²) in [5.41, 5.74) is 1.39. The lowest BCUT2D eigenvalue weighted by Crippen LogP contribution is -2.25. The van der Waals surface area contributed by atoms with E-state index in [-0.39, 0.29) is 12.5 Å². The van der Waals surface area contributed by atoms with Gasteiger partial charge in [-0.15, -0.1) is 0 Å². The number of oxime groups is 2. The van der Waals surface area contributed by atoms with Gasteiger partial charge in [0.1, 0.15) is 19.5 Å². The largest absolute Gasteiger partial charge is 0.434 e. The first-order chi connectivity index (χ1) is 9.40.